The van der Waals surface area contributed by atoms with Crippen molar-refractivity contribution in [2.24, 2.45) is 11.8 Å². The number of hydrogen-bond acceptors (Lipinski definition) is 3. The largest absolute Gasteiger partial charge is 0.393 e. The van der Waals surface area contributed by atoms with E-state index in [0.29, 0.717) is 17.6 Å². The minimum absolute atomic E-state index is 0.0211. The highest BCUT2D eigenvalue weighted by molar-refractivity contribution is 9.10. The Hall–Kier alpha value is 0.150. The SMILES string of the molecule is O=S(=O)(c1c(Cl)cc(Br)cc1Cl)N1CC2CCC(O)C2C1. The van der Waals surface area contributed by atoms with Gasteiger partial charge >= 0.3 is 0 Å². The second-order valence-corrected chi connectivity index (χ2v) is 9.19. The van der Waals surface area contributed by atoms with Crippen molar-refractivity contribution in [2.75, 3.05) is 13.1 Å². The van der Waals surface area contributed by atoms with Crippen molar-refractivity contribution >= 4 is 49.2 Å². The van der Waals surface area contributed by atoms with E-state index in [1.54, 1.807) is 0 Å². The number of hydrogen-bond donors (Lipinski definition) is 1. The van der Waals surface area contributed by atoms with Gasteiger partial charge in [-0.25, -0.2) is 8.42 Å². The third-order valence-corrected chi connectivity index (χ3v) is 7.56. The molecule has 1 aliphatic carbocycles. The molecule has 0 radical (unpaired) electrons. The van der Waals surface area contributed by atoms with E-state index in [-0.39, 0.29) is 26.8 Å². The zero-order valence-electron chi connectivity index (χ0n) is 11.0. The standard InChI is InChI=1S/C13H14BrCl2NO3S/c14-8-3-10(15)13(11(16)4-8)21(19,20)17-5-7-1-2-12(18)9(7)6-17/h3-4,7,9,12,18H,1-2,5-6H2. The number of sulfonamides is 1. The lowest BCUT2D eigenvalue weighted by Gasteiger charge is -2.20. The lowest BCUT2D eigenvalue weighted by molar-refractivity contribution is 0.129. The van der Waals surface area contributed by atoms with Gasteiger partial charge in [0.25, 0.3) is 0 Å². The van der Waals surface area contributed by atoms with Gasteiger partial charge in [0.05, 0.1) is 16.1 Å². The lowest BCUT2D eigenvalue weighted by atomic mass is 10.00. The highest BCUT2D eigenvalue weighted by Crippen LogP contribution is 2.42. The molecule has 8 heteroatoms. The fraction of sp³-hybridized carbons (Fsp3) is 0.538. The maximum Gasteiger partial charge on any atom is 0.246 e. The quantitative estimate of drug-likeness (QED) is 0.808. The number of fused-ring (bicyclic) bond motifs is 1. The molecule has 116 valence electrons. The predicted octanol–water partition coefficient (Wildman–Crippen LogP) is 3.15. The van der Waals surface area contributed by atoms with Crippen LogP contribution in [0, 0.1) is 11.8 Å². The van der Waals surface area contributed by atoms with Gasteiger partial charge in [0.2, 0.25) is 10.0 Å². The molecule has 1 saturated heterocycles. The molecule has 3 rings (SSSR count). The van der Waals surface area contributed by atoms with Crippen LogP contribution in [0.4, 0.5) is 0 Å². The molecule has 3 unspecified atom stereocenters. The molecule has 1 aromatic carbocycles. The minimum atomic E-state index is -3.74. The van der Waals surface area contributed by atoms with Gasteiger partial charge in [-0.15, -0.1) is 0 Å². The summed E-state index contributed by atoms with van der Waals surface area (Å²) in [4.78, 5) is -0.0523. The Morgan fingerprint density at radius 3 is 2.38 bits per heavy atom. The van der Waals surface area contributed by atoms with Gasteiger partial charge in [0, 0.05) is 23.5 Å². The van der Waals surface area contributed by atoms with Crippen LogP contribution in [-0.2, 0) is 10.0 Å². The summed E-state index contributed by atoms with van der Waals surface area (Å²) in [6.07, 6.45) is 1.20. The first kappa shape index (κ1) is 16.0. The third-order valence-electron chi connectivity index (χ3n) is 4.35. The van der Waals surface area contributed by atoms with Crippen LogP contribution in [0.2, 0.25) is 10.0 Å². The second-order valence-electron chi connectivity index (χ2n) is 5.59. The fourth-order valence-corrected chi connectivity index (χ4v) is 6.72. The summed E-state index contributed by atoms with van der Waals surface area (Å²) in [6.45, 7) is 0.754. The molecule has 0 amide bonds. The van der Waals surface area contributed by atoms with Crippen molar-refractivity contribution in [3.05, 3.63) is 26.7 Å². The summed E-state index contributed by atoms with van der Waals surface area (Å²) in [5.74, 6) is 0.246. The van der Waals surface area contributed by atoms with Crippen molar-refractivity contribution in [1.29, 1.82) is 0 Å². The summed E-state index contributed by atoms with van der Waals surface area (Å²) < 4.78 is 27.6. The van der Waals surface area contributed by atoms with Crippen LogP contribution >= 0.6 is 39.1 Å². The van der Waals surface area contributed by atoms with Gasteiger partial charge in [-0.1, -0.05) is 39.1 Å². The Labute approximate surface area is 142 Å². The Bertz CT molecular complexity index is 659. The van der Waals surface area contributed by atoms with Crippen LogP contribution in [0.25, 0.3) is 0 Å². The van der Waals surface area contributed by atoms with Crippen molar-refractivity contribution in [3.8, 4) is 0 Å². The molecule has 4 nitrogen and oxygen atoms in total. The maximum absolute atomic E-state index is 12.8. The molecule has 1 aromatic rings. The summed E-state index contributed by atoms with van der Waals surface area (Å²) >= 11 is 15.4. The molecular weight excluding hydrogens is 401 g/mol. The molecule has 1 saturated carbocycles. The summed E-state index contributed by atoms with van der Waals surface area (Å²) in [7, 11) is -3.74. The average Bonchev–Trinajstić information content (AvgIpc) is 2.90. The molecule has 2 fully saturated rings. The smallest absolute Gasteiger partial charge is 0.246 e. The summed E-state index contributed by atoms with van der Waals surface area (Å²) in [5, 5.41) is 10.1. The first-order valence-corrected chi connectivity index (χ1v) is 9.62. The van der Waals surface area contributed by atoms with Gasteiger partial charge in [-0.3, -0.25) is 0 Å². The highest BCUT2D eigenvalue weighted by atomic mass is 79.9. The molecule has 1 N–H and O–H groups in total. The summed E-state index contributed by atoms with van der Waals surface area (Å²) in [6, 6.07) is 3.04. The molecule has 1 aliphatic heterocycles. The van der Waals surface area contributed by atoms with Crippen LogP contribution in [0.5, 0.6) is 0 Å². The zero-order valence-corrected chi connectivity index (χ0v) is 14.9. The third kappa shape index (κ3) is 2.75. The van der Waals surface area contributed by atoms with Crippen LogP contribution in [0.1, 0.15) is 12.8 Å². The highest BCUT2D eigenvalue weighted by Gasteiger charge is 2.46. The van der Waals surface area contributed by atoms with E-state index >= 15 is 0 Å². The van der Waals surface area contributed by atoms with E-state index in [9.17, 15) is 13.5 Å². The molecule has 1 heterocycles. The van der Waals surface area contributed by atoms with Crippen LogP contribution < -0.4 is 0 Å². The Kier molecular flexibility index (Phi) is 4.31. The topological polar surface area (TPSA) is 57.6 Å². The first-order valence-electron chi connectivity index (χ1n) is 6.63. The minimum Gasteiger partial charge on any atom is -0.393 e. The van der Waals surface area contributed by atoms with Gasteiger partial charge in [0.1, 0.15) is 4.90 Å². The normalized spacial score (nSPS) is 29.8. The zero-order chi connectivity index (χ0) is 15.4. The maximum atomic E-state index is 12.8. The van der Waals surface area contributed by atoms with E-state index in [1.807, 2.05) is 0 Å². The van der Waals surface area contributed by atoms with E-state index < -0.39 is 16.1 Å². The molecule has 0 aromatic heterocycles. The Balaban J connectivity index is 1.96. The molecule has 3 atom stereocenters. The van der Waals surface area contributed by atoms with Gasteiger partial charge < -0.3 is 5.11 Å². The van der Waals surface area contributed by atoms with Crippen molar-refractivity contribution in [3.63, 3.8) is 0 Å². The number of rotatable bonds is 2. The predicted molar refractivity (Wildman–Crippen MR) is 85.1 cm³/mol. The molecular formula is C13H14BrCl2NO3S. The van der Waals surface area contributed by atoms with E-state index in [1.165, 1.54) is 16.4 Å². The van der Waals surface area contributed by atoms with Crippen molar-refractivity contribution < 1.29 is 13.5 Å². The molecule has 0 bridgehead atoms. The number of nitrogens with zero attached hydrogens (tertiary/aromatic N) is 1. The second kappa shape index (κ2) is 5.65. The van der Waals surface area contributed by atoms with Gasteiger partial charge in [-0.05, 0) is 30.9 Å². The van der Waals surface area contributed by atoms with Crippen LogP contribution in [0.15, 0.2) is 21.5 Å². The van der Waals surface area contributed by atoms with E-state index in [4.69, 9.17) is 23.2 Å². The van der Waals surface area contributed by atoms with Gasteiger partial charge in [-0.2, -0.15) is 4.31 Å². The van der Waals surface area contributed by atoms with E-state index in [0.717, 1.165) is 12.8 Å². The fourth-order valence-electron chi connectivity index (χ4n) is 3.30. The van der Waals surface area contributed by atoms with Gasteiger partial charge in [0.15, 0.2) is 0 Å². The Morgan fingerprint density at radius 2 is 1.81 bits per heavy atom. The average molecular weight is 415 g/mol. The number of halogens is 3. The Morgan fingerprint density at radius 1 is 1.19 bits per heavy atom. The number of aliphatic hydroxyl groups is 1. The summed E-state index contributed by atoms with van der Waals surface area (Å²) in [5.41, 5.74) is 0. The first-order chi connectivity index (χ1) is 9.80. The monoisotopic (exact) mass is 413 g/mol. The van der Waals surface area contributed by atoms with Crippen molar-refractivity contribution in [2.45, 2.75) is 23.8 Å². The number of aliphatic hydroxyl groups excluding tert-OH is 1. The van der Waals surface area contributed by atoms with Crippen molar-refractivity contribution in [1.82, 2.24) is 4.31 Å². The van der Waals surface area contributed by atoms with E-state index in [2.05, 4.69) is 15.9 Å². The van der Waals surface area contributed by atoms with Crippen LogP contribution in [-0.4, -0.2) is 37.0 Å². The molecule has 2 aliphatic rings. The molecule has 0 spiro atoms. The van der Waals surface area contributed by atoms with Crippen LogP contribution in [0.3, 0.4) is 0 Å². The lowest BCUT2D eigenvalue weighted by Crippen LogP contribution is -2.31. The molecule has 21 heavy (non-hydrogen) atoms. The number of benzene rings is 1.